The van der Waals surface area contributed by atoms with Crippen molar-refractivity contribution in [3.8, 4) is 11.5 Å². The Morgan fingerprint density at radius 1 is 1.17 bits per heavy atom. The molecule has 0 fully saturated rings. The number of carbonyl (C=O) groups is 3. The number of hydrogen-bond acceptors (Lipinski definition) is 6. The zero-order valence-corrected chi connectivity index (χ0v) is 17.1. The Morgan fingerprint density at radius 2 is 1.87 bits per heavy atom. The van der Waals surface area contributed by atoms with Crippen LogP contribution in [0.4, 0.5) is 11.4 Å². The normalized spacial score (nSPS) is 16.0. The van der Waals surface area contributed by atoms with Crippen molar-refractivity contribution in [1.29, 1.82) is 0 Å². The minimum absolute atomic E-state index is 0.0123. The second kappa shape index (κ2) is 9.30. The fourth-order valence-corrected chi connectivity index (χ4v) is 3.00. The zero-order chi connectivity index (χ0) is 21.7. The van der Waals surface area contributed by atoms with Crippen molar-refractivity contribution in [3.63, 3.8) is 0 Å². The molecule has 2 amide bonds. The summed E-state index contributed by atoms with van der Waals surface area (Å²) in [4.78, 5) is 38.4. The molecule has 0 radical (unpaired) electrons. The first kappa shape index (κ1) is 21.2. The number of nitrogens with zero attached hydrogens (tertiary/aromatic N) is 1. The van der Waals surface area contributed by atoms with Gasteiger partial charge in [0.2, 0.25) is 12.0 Å². The van der Waals surface area contributed by atoms with E-state index >= 15 is 0 Å². The zero-order valence-electron chi connectivity index (χ0n) is 17.1. The second-order valence-corrected chi connectivity index (χ2v) is 6.73. The Kier molecular flexibility index (Phi) is 6.56. The van der Waals surface area contributed by atoms with Crippen LogP contribution in [0.5, 0.6) is 11.5 Å². The Hall–Kier alpha value is -3.55. The van der Waals surface area contributed by atoms with Gasteiger partial charge in [-0.1, -0.05) is 12.1 Å². The maximum Gasteiger partial charge on any atom is 0.350 e. The molecule has 0 unspecified atom stereocenters. The van der Waals surface area contributed by atoms with E-state index in [2.05, 4.69) is 5.32 Å². The van der Waals surface area contributed by atoms with Gasteiger partial charge in [0, 0.05) is 12.6 Å². The molecule has 0 aliphatic carbocycles. The molecular formula is C22H24N2O6. The van der Waals surface area contributed by atoms with Gasteiger partial charge >= 0.3 is 5.97 Å². The van der Waals surface area contributed by atoms with Gasteiger partial charge < -0.3 is 24.4 Å². The number of rotatable bonds is 6. The smallest absolute Gasteiger partial charge is 0.350 e. The Labute approximate surface area is 174 Å². The van der Waals surface area contributed by atoms with E-state index in [4.69, 9.17) is 14.2 Å². The lowest BCUT2D eigenvalue weighted by Crippen LogP contribution is -2.48. The topological polar surface area (TPSA) is 94.2 Å². The quantitative estimate of drug-likeness (QED) is 0.734. The number of anilines is 2. The molecule has 0 aromatic heterocycles. The van der Waals surface area contributed by atoms with E-state index in [9.17, 15) is 14.4 Å². The first-order valence-corrected chi connectivity index (χ1v) is 9.67. The van der Waals surface area contributed by atoms with Gasteiger partial charge in [0.15, 0.2) is 6.10 Å². The average Bonchev–Trinajstić information content (AvgIpc) is 2.74. The number of hydrogen-bond donors (Lipinski definition) is 1. The Balaban J connectivity index is 1.61. The van der Waals surface area contributed by atoms with Gasteiger partial charge in [0.1, 0.15) is 11.5 Å². The van der Waals surface area contributed by atoms with E-state index < -0.39 is 24.1 Å². The lowest BCUT2D eigenvalue weighted by atomic mass is 10.2. The van der Waals surface area contributed by atoms with Gasteiger partial charge in [-0.05, 0) is 50.2 Å². The molecule has 30 heavy (non-hydrogen) atoms. The lowest BCUT2D eigenvalue weighted by molar-refractivity contribution is -0.160. The minimum Gasteiger partial charge on any atom is -0.494 e. The molecule has 2 aromatic carbocycles. The summed E-state index contributed by atoms with van der Waals surface area (Å²) < 4.78 is 16.3. The first-order valence-electron chi connectivity index (χ1n) is 9.67. The molecule has 2 aromatic rings. The van der Waals surface area contributed by atoms with Crippen LogP contribution in [0, 0.1) is 0 Å². The highest BCUT2D eigenvalue weighted by molar-refractivity contribution is 5.97. The fraction of sp³-hybridized carbons (Fsp3) is 0.318. The molecule has 0 saturated heterocycles. The molecule has 2 atom stereocenters. The molecule has 1 heterocycles. The van der Waals surface area contributed by atoms with Crippen molar-refractivity contribution in [2.75, 3.05) is 23.4 Å². The van der Waals surface area contributed by atoms with E-state index in [-0.39, 0.29) is 12.5 Å². The van der Waals surface area contributed by atoms with Gasteiger partial charge in [0.05, 0.1) is 18.8 Å². The number of nitrogens with one attached hydrogen (secondary N) is 1. The van der Waals surface area contributed by atoms with Gasteiger partial charge in [-0.2, -0.15) is 0 Å². The number of carbonyl (C=O) groups excluding carboxylic acids is 3. The monoisotopic (exact) mass is 412 g/mol. The summed E-state index contributed by atoms with van der Waals surface area (Å²) in [7, 11) is 0. The second-order valence-electron chi connectivity index (χ2n) is 6.73. The predicted molar refractivity (Wildman–Crippen MR) is 111 cm³/mol. The molecule has 8 heteroatoms. The third-order valence-electron chi connectivity index (χ3n) is 4.51. The van der Waals surface area contributed by atoms with E-state index in [1.54, 1.807) is 48.5 Å². The fourth-order valence-electron chi connectivity index (χ4n) is 3.00. The molecule has 1 aliphatic heterocycles. The molecule has 0 saturated carbocycles. The largest absolute Gasteiger partial charge is 0.494 e. The summed E-state index contributed by atoms with van der Waals surface area (Å²) in [5.74, 6) is -0.311. The van der Waals surface area contributed by atoms with Crippen LogP contribution in [0.1, 0.15) is 20.8 Å². The summed E-state index contributed by atoms with van der Waals surface area (Å²) in [5, 5.41) is 2.68. The lowest BCUT2D eigenvalue weighted by Gasteiger charge is -2.33. The van der Waals surface area contributed by atoms with Crippen LogP contribution < -0.4 is 19.7 Å². The highest BCUT2D eigenvalue weighted by atomic mass is 16.6. The van der Waals surface area contributed by atoms with Gasteiger partial charge in [-0.15, -0.1) is 0 Å². The Bertz CT molecular complexity index is 927. The number of amides is 2. The number of esters is 1. The van der Waals surface area contributed by atoms with Crippen LogP contribution in [0.2, 0.25) is 0 Å². The van der Waals surface area contributed by atoms with Crippen LogP contribution in [-0.2, 0) is 19.1 Å². The van der Waals surface area contributed by atoms with E-state index in [1.807, 2.05) is 6.92 Å². The molecule has 0 bridgehead atoms. The van der Waals surface area contributed by atoms with Crippen molar-refractivity contribution < 1.29 is 28.6 Å². The van der Waals surface area contributed by atoms with Crippen molar-refractivity contribution in [2.45, 2.75) is 33.0 Å². The van der Waals surface area contributed by atoms with Crippen LogP contribution >= 0.6 is 0 Å². The van der Waals surface area contributed by atoms with E-state index in [1.165, 1.54) is 18.7 Å². The SMILES string of the molecule is CCOc1ccc(NC(=O)[C@H](C)OC(=O)[C@@H]2CN(C(C)=O)c3ccccc3O2)cc1. The highest BCUT2D eigenvalue weighted by Gasteiger charge is 2.35. The van der Waals surface area contributed by atoms with Gasteiger partial charge in [-0.3, -0.25) is 9.59 Å². The maximum atomic E-state index is 12.6. The molecule has 158 valence electrons. The third-order valence-corrected chi connectivity index (χ3v) is 4.51. The minimum atomic E-state index is -1.05. The molecule has 0 spiro atoms. The summed E-state index contributed by atoms with van der Waals surface area (Å²) in [6, 6.07) is 13.8. The summed E-state index contributed by atoms with van der Waals surface area (Å²) >= 11 is 0. The van der Waals surface area contributed by atoms with E-state index in [0.717, 1.165) is 0 Å². The summed E-state index contributed by atoms with van der Waals surface area (Å²) in [6.07, 6.45) is -2.07. The first-order chi connectivity index (χ1) is 14.4. The molecule has 3 rings (SSSR count). The van der Waals surface area contributed by atoms with Crippen molar-refractivity contribution >= 4 is 29.2 Å². The molecule has 1 N–H and O–H groups in total. The van der Waals surface area contributed by atoms with Crippen LogP contribution in [0.3, 0.4) is 0 Å². The maximum absolute atomic E-state index is 12.6. The summed E-state index contributed by atoms with van der Waals surface area (Å²) in [6.45, 7) is 5.33. The number of benzene rings is 2. The standard InChI is InChI=1S/C22H24N2O6/c1-4-28-17-11-9-16(10-12-17)23-21(26)14(2)29-22(27)20-13-24(15(3)25)18-7-5-6-8-19(18)30-20/h5-12,14,20H,4,13H2,1-3H3,(H,23,26)/t14-,20-/m0/s1. The highest BCUT2D eigenvalue weighted by Crippen LogP contribution is 2.33. The van der Waals surface area contributed by atoms with Crippen molar-refractivity contribution in [1.82, 2.24) is 0 Å². The average molecular weight is 412 g/mol. The number of ether oxygens (including phenoxy) is 3. The van der Waals surface area contributed by atoms with Crippen LogP contribution in [-0.4, -0.2) is 43.1 Å². The van der Waals surface area contributed by atoms with E-state index in [0.29, 0.717) is 29.5 Å². The third kappa shape index (κ3) is 4.89. The predicted octanol–water partition coefficient (Wildman–Crippen LogP) is 2.77. The molecule has 8 nitrogen and oxygen atoms in total. The van der Waals surface area contributed by atoms with Crippen LogP contribution in [0.15, 0.2) is 48.5 Å². The Morgan fingerprint density at radius 3 is 2.53 bits per heavy atom. The van der Waals surface area contributed by atoms with Gasteiger partial charge in [0.25, 0.3) is 5.91 Å². The number of para-hydroxylation sites is 2. The van der Waals surface area contributed by atoms with Gasteiger partial charge in [-0.25, -0.2) is 4.79 Å². The van der Waals surface area contributed by atoms with Crippen molar-refractivity contribution in [2.24, 2.45) is 0 Å². The summed E-state index contributed by atoms with van der Waals surface area (Å²) in [5.41, 5.74) is 1.15. The van der Waals surface area contributed by atoms with Crippen molar-refractivity contribution in [3.05, 3.63) is 48.5 Å². The number of fused-ring (bicyclic) bond motifs is 1. The van der Waals surface area contributed by atoms with Crippen LogP contribution in [0.25, 0.3) is 0 Å². The molecule has 1 aliphatic rings. The molecular weight excluding hydrogens is 388 g/mol.